The Bertz CT molecular complexity index is 1630. The van der Waals surface area contributed by atoms with E-state index in [0.29, 0.717) is 59.8 Å². The Balaban J connectivity index is 1.25. The number of anilines is 2. The number of aryl methyl sites for hydroxylation is 1. The number of rotatable bonds is 8. The van der Waals surface area contributed by atoms with Gasteiger partial charge in [-0.25, -0.2) is 18.6 Å². The Morgan fingerprint density at radius 1 is 1.05 bits per heavy atom. The Morgan fingerprint density at radius 3 is 2.67 bits per heavy atom. The molecule has 8 nitrogen and oxygen atoms in total. The number of hydrogen-bond acceptors (Lipinski definition) is 8. The second kappa shape index (κ2) is 11.5. The lowest BCUT2D eigenvalue weighted by atomic mass is 10.1. The van der Waals surface area contributed by atoms with Crippen LogP contribution in [-0.4, -0.2) is 51.1 Å². The molecule has 0 radical (unpaired) electrons. The monoisotopic (exact) mass is 562 g/mol. The topological polar surface area (TPSA) is 94.9 Å². The molecule has 3 heterocycles. The number of hydrogen-bond donors (Lipinski definition) is 1. The SMILES string of the molecule is Cc1cc(N=S2(=O)CCCC2)cc2ncnc(Nc3ccc(F)cc3O[C@@H]3COC[C@@H]3OCc3ccccc3)c12. The number of nitrogens with one attached hydrogen (secondary N) is 1. The van der Waals surface area contributed by atoms with Crippen molar-refractivity contribution >= 4 is 37.8 Å². The van der Waals surface area contributed by atoms with Crippen LogP contribution in [0.15, 0.2) is 71.4 Å². The number of aromatic nitrogens is 2. The molecule has 2 saturated heterocycles. The molecule has 208 valence electrons. The van der Waals surface area contributed by atoms with E-state index in [1.807, 2.05) is 49.4 Å². The molecule has 3 aromatic carbocycles. The van der Waals surface area contributed by atoms with E-state index in [-0.39, 0.29) is 6.10 Å². The Hall–Kier alpha value is -3.60. The van der Waals surface area contributed by atoms with Crippen LogP contribution < -0.4 is 10.1 Å². The van der Waals surface area contributed by atoms with Gasteiger partial charge in [0.05, 0.1) is 46.4 Å². The van der Waals surface area contributed by atoms with E-state index in [9.17, 15) is 8.60 Å². The largest absolute Gasteiger partial charge is 0.483 e. The highest BCUT2D eigenvalue weighted by atomic mass is 32.2. The summed E-state index contributed by atoms with van der Waals surface area (Å²) in [6.07, 6.45) is 2.65. The second-order valence-electron chi connectivity index (χ2n) is 10.2. The summed E-state index contributed by atoms with van der Waals surface area (Å²) in [5.41, 5.74) is 3.84. The van der Waals surface area contributed by atoms with Gasteiger partial charge in [-0.3, -0.25) is 0 Å². The molecular formula is C30H31FN4O4S. The molecule has 10 heteroatoms. The zero-order chi connectivity index (χ0) is 27.5. The molecule has 40 heavy (non-hydrogen) atoms. The van der Waals surface area contributed by atoms with E-state index in [2.05, 4.69) is 19.6 Å². The standard InChI is InChI=1S/C30H31FN4O4S/c1-20-13-23(35-40(36)11-5-6-12-40)15-25-29(20)30(33-19-32-25)34-24-10-9-22(31)14-26(24)39-28-18-37-17-27(28)38-16-21-7-3-2-4-8-21/h2-4,7-10,13-15,19,27-28H,5-6,11-12,16-18H2,1H3,(H,32,33,34)/t27-,28+/m0/s1. The maximum atomic E-state index is 14.4. The minimum atomic E-state index is -2.20. The van der Waals surface area contributed by atoms with Gasteiger partial charge in [0, 0.05) is 23.0 Å². The number of ether oxygens (including phenoxy) is 3. The quantitative estimate of drug-likeness (QED) is 0.278. The predicted molar refractivity (Wildman–Crippen MR) is 153 cm³/mol. The van der Waals surface area contributed by atoms with E-state index >= 15 is 0 Å². The summed E-state index contributed by atoms with van der Waals surface area (Å²) < 4.78 is 49.9. The van der Waals surface area contributed by atoms with Gasteiger partial charge in [-0.05, 0) is 55.2 Å². The van der Waals surface area contributed by atoms with Crippen molar-refractivity contribution in [2.75, 3.05) is 30.0 Å². The molecule has 0 saturated carbocycles. The zero-order valence-electron chi connectivity index (χ0n) is 22.2. The third kappa shape index (κ3) is 5.94. The fraction of sp³-hybridized carbons (Fsp3) is 0.333. The molecule has 6 rings (SSSR count). The lowest BCUT2D eigenvalue weighted by Crippen LogP contribution is -2.32. The van der Waals surface area contributed by atoms with Gasteiger partial charge in [-0.1, -0.05) is 30.3 Å². The normalized spacial score (nSPS) is 20.1. The van der Waals surface area contributed by atoms with E-state index < -0.39 is 21.7 Å². The highest BCUT2D eigenvalue weighted by Gasteiger charge is 2.32. The van der Waals surface area contributed by atoms with Crippen molar-refractivity contribution in [3.8, 4) is 5.75 Å². The molecule has 0 spiro atoms. The first-order valence-corrected chi connectivity index (χ1v) is 15.3. The molecule has 0 bridgehead atoms. The third-order valence-electron chi connectivity index (χ3n) is 7.13. The number of fused-ring (bicyclic) bond motifs is 1. The van der Waals surface area contributed by atoms with Crippen LogP contribution in [0.5, 0.6) is 5.75 Å². The lowest BCUT2D eigenvalue weighted by Gasteiger charge is -2.22. The Labute approximate surface area is 233 Å². The van der Waals surface area contributed by atoms with Crippen molar-refractivity contribution in [1.82, 2.24) is 9.97 Å². The molecular weight excluding hydrogens is 531 g/mol. The average Bonchev–Trinajstić information content (AvgIpc) is 3.58. The minimum Gasteiger partial charge on any atom is -0.483 e. The summed E-state index contributed by atoms with van der Waals surface area (Å²) in [5, 5.41) is 4.12. The van der Waals surface area contributed by atoms with Gasteiger partial charge in [-0.15, -0.1) is 0 Å². The van der Waals surface area contributed by atoms with Crippen molar-refractivity contribution in [2.45, 2.75) is 38.6 Å². The fourth-order valence-electron chi connectivity index (χ4n) is 5.11. The summed E-state index contributed by atoms with van der Waals surface area (Å²) in [6.45, 7) is 3.11. The summed E-state index contributed by atoms with van der Waals surface area (Å²) in [7, 11) is -2.20. The number of benzene rings is 3. The van der Waals surface area contributed by atoms with Gasteiger partial charge >= 0.3 is 0 Å². The molecule has 0 unspecified atom stereocenters. The average molecular weight is 563 g/mol. The second-order valence-corrected chi connectivity index (χ2v) is 12.7. The highest BCUT2D eigenvalue weighted by Crippen LogP contribution is 2.35. The minimum absolute atomic E-state index is 0.299. The maximum Gasteiger partial charge on any atom is 0.150 e. The van der Waals surface area contributed by atoms with Crippen LogP contribution in [-0.2, 0) is 25.8 Å². The molecule has 0 amide bonds. The van der Waals surface area contributed by atoms with Crippen molar-refractivity contribution in [3.05, 3.63) is 83.9 Å². The Morgan fingerprint density at radius 2 is 1.85 bits per heavy atom. The van der Waals surface area contributed by atoms with Gasteiger partial charge in [0.15, 0.2) is 6.10 Å². The van der Waals surface area contributed by atoms with Crippen LogP contribution in [0, 0.1) is 12.7 Å². The first kappa shape index (κ1) is 26.6. The highest BCUT2D eigenvalue weighted by molar-refractivity contribution is 7.93. The van der Waals surface area contributed by atoms with Crippen LogP contribution in [0.1, 0.15) is 24.0 Å². The van der Waals surface area contributed by atoms with E-state index in [4.69, 9.17) is 14.2 Å². The first-order chi connectivity index (χ1) is 19.5. The molecule has 2 aliphatic heterocycles. The molecule has 1 aromatic heterocycles. The van der Waals surface area contributed by atoms with Gasteiger partial charge in [0.2, 0.25) is 0 Å². The summed E-state index contributed by atoms with van der Waals surface area (Å²) >= 11 is 0. The molecule has 2 fully saturated rings. The van der Waals surface area contributed by atoms with E-state index in [1.54, 1.807) is 6.07 Å². The van der Waals surface area contributed by atoms with Gasteiger partial charge in [0.25, 0.3) is 0 Å². The molecule has 2 atom stereocenters. The zero-order valence-corrected chi connectivity index (χ0v) is 23.0. The molecule has 4 aromatic rings. The van der Waals surface area contributed by atoms with Crippen molar-refractivity contribution in [3.63, 3.8) is 0 Å². The Kier molecular flexibility index (Phi) is 7.64. The summed E-state index contributed by atoms with van der Waals surface area (Å²) in [6, 6.07) is 18.0. The van der Waals surface area contributed by atoms with Crippen LogP contribution >= 0.6 is 0 Å². The molecule has 0 aliphatic carbocycles. The van der Waals surface area contributed by atoms with Gasteiger partial charge < -0.3 is 19.5 Å². The van der Waals surface area contributed by atoms with Gasteiger partial charge in [-0.2, -0.15) is 4.36 Å². The van der Waals surface area contributed by atoms with Crippen molar-refractivity contribution in [1.29, 1.82) is 0 Å². The van der Waals surface area contributed by atoms with E-state index in [1.165, 1.54) is 18.5 Å². The van der Waals surface area contributed by atoms with Crippen LogP contribution in [0.2, 0.25) is 0 Å². The van der Waals surface area contributed by atoms with Crippen LogP contribution in [0.25, 0.3) is 10.9 Å². The third-order valence-corrected chi connectivity index (χ3v) is 9.53. The van der Waals surface area contributed by atoms with Crippen LogP contribution in [0.4, 0.5) is 21.6 Å². The lowest BCUT2D eigenvalue weighted by molar-refractivity contribution is -0.00998. The number of nitrogens with zero attached hydrogens (tertiary/aromatic N) is 3. The number of halogens is 1. The van der Waals surface area contributed by atoms with Crippen molar-refractivity contribution < 1.29 is 22.8 Å². The smallest absolute Gasteiger partial charge is 0.150 e. The predicted octanol–water partition coefficient (Wildman–Crippen LogP) is 6.08. The fourth-order valence-corrected chi connectivity index (χ4v) is 7.29. The van der Waals surface area contributed by atoms with Gasteiger partial charge in [0.1, 0.15) is 29.8 Å². The summed E-state index contributed by atoms with van der Waals surface area (Å²) in [4.78, 5) is 8.92. The van der Waals surface area contributed by atoms with Crippen molar-refractivity contribution in [2.24, 2.45) is 4.36 Å². The van der Waals surface area contributed by atoms with E-state index in [0.717, 1.165) is 29.4 Å². The first-order valence-electron chi connectivity index (χ1n) is 13.4. The van der Waals surface area contributed by atoms with Crippen LogP contribution in [0.3, 0.4) is 0 Å². The molecule has 2 aliphatic rings. The summed E-state index contributed by atoms with van der Waals surface area (Å²) in [5.74, 6) is 1.74. The molecule has 1 N–H and O–H groups in total. The maximum absolute atomic E-state index is 14.4.